The predicted octanol–water partition coefficient (Wildman–Crippen LogP) is 2.60. The zero-order valence-corrected chi connectivity index (χ0v) is 8.77. The van der Waals surface area contributed by atoms with Gasteiger partial charge in [0.15, 0.2) is 11.9 Å². The van der Waals surface area contributed by atoms with Crippen molar-refractivity contribution in [3.8, 4) is 0 Å². The highest BCUT2D eigenvalue weighted by Crippen LogP contribution is 2.41. The van der Waals surface area contributed by atoms with Crippen LogP contribution in [0.1, 0.15) is 23.7 Å². The van der Waals surface area contributed by atoms with Gasteiger partial charge in [0.25, 0.3) is 0 Å². The van der Waals surface area contributed by atoms with E-state index in [0.717, 1.165) is 12.0 Å². The Hall–Kier alpha value is -1.41. The third kappa shape index (κ3) is 1.85. The molecule has 1 fully saturated rings. The third-order valence-electron chi connectivity index (χ3n) is 2.73. The van der Waals surface area contributed by atoms with Crippen molar-refractivity contribution < 1.29 is 9.53 Å². The van der Waals surface area contributed by atoms with Crippen molar-refractivity contribution >= 4 is 5.78 Å². The highest BCUT2D eigenvalue weighted by Gasteiger charge is 2.55. The molecular weight excluding hydrogens is 188 g/mol. The van der Waals surface area contributed by atoms with Gasteiger partial charge in [0, 0.05) is 5.56 Å². The fourth-order valence-electron chi connectivity index (χ4n) is 1.76. The summed E-state index contributed by atoms with van der Waals surface area (Å²) in [6.45, 7) is 5.61. The van der Waals surface area contributed by atoms with Crippen LogP contribution in [0.5, 0.6) is 0 Å². The van der Waals surface area contributed by atoms with Crippen LogP contribution in [0.2, 0.25) is 0 Å². The van der Waals surface area contributed by atoms with Crippen LogP contribution in [-0.2, 0) is 4.74 Å². The second kappa shape index (κ2) is 3.63. The number of carbonyl (C=O) groups excluding carboxylic acids is 1. The van der Waals surface area contributed by atoms with Crippen LogP contribution in [0, 0.1) is 0 Å². The molecule has 2 rings (SSSR count). The summed E-state index contributed by atoms with van der Waals surface area (Å²) < 4.78 is 5.44. The molecule has 0 aliphatic carbocycles. The lowest BCUT2D eigenvalue weighted by molar-refractivity contribution is 0.0953. The van der Waals surface area contributed by atoms with Crippen molar-refractivity contribution in [3.05, 3.63) is 48.6 Å². The van der Waals surface area contributed by atoms with Gasteiger partial charge in [0.2, 0.25) is 0 Å². The van der Waals surface area contributed by atoms with Gasteiger partial charge in [-0.1, -0.05) is 36.4 Å². The van der Waals surface area contributed by atoms with Crippen LogP contribution in [0.3, 0.4) is 0 Å². The van der Waals surface area contributed by atoms with Crippen LogP contribution < -0.4 is 0 Å². The Labute approximate surface area is 89.6 Å². The quantitative estimate of drug-likeness (QED) is 0.426. The Kier molecular flexibility index (Phi) is 2.45. The molecule has 2 heteroatoms. The molecule has 2 unspecified atom stereocenters. The van der Waals surface area contributed by atoms with Crippen molar-refractivity contribution in [2.24, 2.45) is 0 Å². The summed E-state index contributed by atoms with van der Waals surface area (Å²) in [5.41, 5.74) is 0.393. The molecule has 0 N–H and O–H groups in total. The van der Waals surface area contributed by atoms with E-state index in [4.69, 9.17) is 4.74 Å². The molecule has 0 aromatic heterocycles. The molecule has 0 amide bonds. The monoisotopic (exact) mass is 202 g/mol. The van der Waals surface area contributed by atoms with E-state index >= 15 is 0 Å². The maximum Gasteiger partial charge on any atom is 0.194 e. The second-order valence-electron chi connectivity index (χ2n) is 4.03. The number of hydrogen-bond donors (Lipinski definition) is 0. The fraction of sp³-hybridized carbons (Fsp3) is 0.308. The number of epoxide rings is 1. The van der Waals surface area contributed by atoms with E-state index in [9.17, 15) is 4.79 Å². The first-order valence-electron chi connectivity index (χ1n) is 5.05. The lowest BCUT2D eigenvalue weighted by Gasteiger charge is -2.01. The van der Waals surface area contributed by atoms with Crippen molar-refractivity contribution in [1.29, 1.82) is 0 Å². The lowest BCUT2D eigenvalue weighted by Crippen LogP contribution is -2.17. The summed E-state index contributed by atoms with van der Waals surface area (Å²) in [5.74, 6) is 0.0694. The van der Waals surface area contributed by atoms with Crippen molar-refractivity contribution in [2.45, 2.75) is 25.0 Å². The molecule has 15 heavy (non-hydrogen) atoms. The molecule has 0 spiro atoms. The molecule has 1 aromatic carbocycles. The topological polar surface area (TPSA) is 29.6 Å². The van der Waals surface area contributed by atoms with Gasteiger partial charge >= 0.3 is 0 Å². The molecule has 2 nitrogen and oxygen atoms in total. The Morgan fingerprint density at radius 1 is 1.53 bits per heavy atom. The molecule has 1 aromatic rings. The lowest BCUT2D eigenvalue weighted by atomic mass is 9.97. The first-order chi connectivity index (χ1) is 7.17. The first kappa shape index (κ1) is 10.1. The zero-order chi connectivity index (χ0) is 10.9. The SMILES string of the molecule is C=CCC1(C)OC1C(=O)c1ccccc1. The van der Waals surface area contributed by atoms with Crippen LogP contribution in [0.15, 0.2) is 43.0 Å². The van der Waals surface area contributed by atoms with Gasteiger partial charge < -0.3 is 4.74 Å². The second-order valence-corrected chi connectivity index (χ2v) is 4.03. The summed E-state index contributed by atoms with van der Waals surface area (Å²) in [5, 5.41) is 0. The number of Topliss-reactive ketones (excluding diaryl/α,β-unsaturated/α-hetero) is 1. The largest absolute Gasteiger partial charge is 0.357 e. The van der Waals surface area contributed by atoms with Crippen LogP contribution >= 0.6 is 0 Å². The van der Waals surface area contributed by atoms with E-state index < -0.39 is 0 Å². The molecule has 0 saturated carbocycles. The van der Waals surface area contributed by atoms with Crippen molar-refractivity contribution in [1.82, 2.24) is 0 Å². The number of hydrogen-bond acceptors (Lipinski definition) is 2. The van der Waals surface area contributed by atoms with Gasteiger partial charge in [-0.2, -0.15) is 0 Å². The number of carbonyl (C=O) groups is 1. The summed E-state index contributed by atoms with van der Waals surface area (Å²) in [4.78, 5) is 11.9. The first-order valence-corrected chi connectivity index (χ1v) is 5.05. The Bertz CT molecular complexity index is 383. The maximum atomic E-state index is 11.9. The van der Waals surface area contributed by atoms with Crippen LogP contribution in [0.25, 0.3) is 0 Å². The Morgan fingerprint density at radius 2 is 2.20 bits per heavy atom. The van der Waals surface area contributed by atoms with Gasteiger partial charge in [-0.3, -0.25) is 4.79 Å². The Morgan fingerprint density at radius 3 is 2.80 bits per heavy atom. The standard InChI is InChI=1S/C13H14O2/c1-3-9-13(2)12(15-13)11(14)10-7-5-4-6-8-10/h3-8,12H,1,9H2,2H3. The number of benzene rings is 1. The molecule has 1 aliphatic rings. The van der Waals surface area contributed by atoms with E-state index in [1.165, 1.54) is 0 Å². The Balaban J connectivity index is 2.09. The summed E-state index contributed by atoms with van der Waals surface area (Å²) in [7, 11) is 0. The molecule has 2 atom stereocenters. The van der Waals surface area contributed by atoms with Gasteiger partial charge in [-0.15, -0.1) is 6.58 Å². The number of ketones is 1. The number of ether oxygens (including phenoxy) is 1. The molecule has 0 bridgehead atoms. The highest BCUT2D eigenvalue weighted by atomic mass is 16.6. The van der Waals surface area contributed by atoms with Gasteiger partial charge in [-0.25, -0.2) is 0 Å². The van der Waals surface area contributed by atoms with E-state index in [-0.39, 0.29) is 17.5 Å². The molecule has 1 saturated heterocycles. The van der Waals surface area contributed by atoms with Gasteiger partial charge in [0.1, 0.15) is 5.60 Å². The molecular formula is C13H14O2. The minimum atomic E-state index is -0.325. The minimum Gasteiger partial charge on any atom is -0.357 e. The third-order valence-corrected chi connectivity index (χ3v) is 2.73. The summed E-state index contributed by atoms with van der Waals surface area (Å²) in [6.07, 6.45) is 2.21. The fourth-order valence-corrected chi connectivity index (χ4v) is 1.76. The normalized spacial score (nSPS) is 28.5. The smallest absolute Gasteiger partial charge is 0.194 e. The average Bonchev–Trinajstić information content (AvgIpc) is 2.91. The van der Waals surface area contributed by atoms with Gasteiger partial charge in [-0.05, 0) is 13.3 Å². The van der Waals surface area contributed by atoms with Gasteiger partial charge in [0.05, 0.1) is 0 Å². The van der Waals surface area contributed by atoms with E-state index in [2.05, 4.69) is 6.58 Å². The van der Waals surface area contributed by atoms with Crippen LogP contribution in [-0.4, -0.2) is 17.5 Å². The average molecular weight is 202 g/mol. The van der Waals surface area contributed by atoms with E-state index in [1.807, 2.05) is 37.3 Å². The van der Waals surface area contributed by atoms with E-state index in [1.54, 1.807) is 6.08 Å². The molecule has 78 valence electrons. The zero-order valence-electron chi connectivity index (χ0n) is 8.77. The summed E-state index contributed by atoms with van der Waals surface area (Å²) in [6, 6.07) is 9.26. The van der Waals surface area contributed by atoms with Crippen molar-refractivity contribution in [2.75, 3.05) is 0 Å². The number of rotatable bonds is 4. The van der Waals surface area contributed by atoms with Crippen LogP contribution in [0.4, 0.5) is 0 Å². The molecule has 1 heterocycles. The van der Waals surface area contributed by atoms with Crippen molar-refractivity contribution in [3.63, 3.8) is 0 Å². The molecule has 1 aliphatic heterocycles. The predicted molar refractivity (Wildman–Crippen MR) is 58.9 cm³/mol. The summed E-state index contributed by atoms with van der Waals surface area (Å²) >= 11 is 0. The maximum absolute atomic E-state index is 11.9. The minimum absolute atomic E-state index is 0.0694. The highest BCUT2D eigenvalue weighted by molar-refractivity contribution is 6.01. The van der Waals surface area contributed by atoms with E-state index in [0.29, 0.717) is 0 Å². The molecule has 0 radical (unpaired) electrons.